The molecule has 1 saturated heterocycles. The third-order valence-corrected chi connectivity index (χ3v) is 3.22. The van der Waals surface area contributed by atoms with Gasteiger partial charge in [-0.15, -0.1) is 0 Å². The number of nitrogens with one attached hydrogen (secondary N) is 1. The number of hydrogen-bond donors (Lipinski definition) is 1. The molecule has 0 unspecified atom stereocenters. The molecule has 1 aliphatic heterocycles. The van der Waals surface area contributed by atoms with Gasteiger partial charge in [0.1, 0.15) is 6.61 Å². The van der Waals surface area contributed by atoms with Crippen LogP contribution in [-0.2, 0) is 4.74 Å². The second-order valence-corrected chi connectivity index (χ2v) is 4.31. The van der Waals surface area contributed by atoms with Crippen molar-refractivity contribution in [3.05, 3.63) is 47.5 Å². The second kappa shape index (κ2) is 3.77. The van der Waals surface area contributed by atoms with Gasteiger partial charge in [0.15, 0.2) is 0 Å². The number of ether oxygens (including phenoxy) is 1. The van der Waals surface area contributed by atoms with E-state index in [0.717, 1.165) is 5.56 Å². The number of fused-ring (bicyclic) bond motifs is 1. The van der Waals surface area contributed by atoms with E-state index in [9.17, 15) is 4.79 Å². The zero-order valence-electron chi connectivity index (χ0n) is 9.57. The van der Waals surface area contributed by atoms with Crippen LogP contribution in [0.25, 0.3) is 10.8 Å². The molecule has 0 bridgehead atoms. The number of carbonyl (C=O) groups excluding carboxylic acids is 1. The SMILES string of the molecule is Cc1ccc([C@@H]2COC(=O)N2)c2ccccc12. The molecule has 1 amide bonds. The lowest BCUT2D eigenvalue weighted by molar-refractivity contribution is 0.177. The van der Waals surface area contributed by atoms with Crippen LogP contribution >= 0.6 is 0 Å². The normalized spacial score (nSPS) is 19.1. The molecule has 3 nitrogen and oxygen atoms in total. The number of benzene rings is 2. The van der Waals surface area contributed by atoms with Gasteiger partial charge in [-0.3, -0.25) is 0 Å². The van der Waals surface area contributed by atoms with Gasteiger partial charge in [-0.2, -0.15) is 0 Å². The average molecular weight is 227 g/mol. The van der Waals surface area contributed by atoms with Gasteiger partial charge in [-0.25, -0.2) is 4.79 Å². The molecule has 1 fully saturated rings. The number of aryl methyl sites for hydroxylation is 1. The Morgan fingerprint density at radius 1 is 1.18 bits per heavy atom. The number of hydrogen-bond acceptors (Lipinski definition) is 2. The topological polar surface area (TPSA) is 38.3 Å². The molecule has 3 rings (SSSR count). The lowest BCUT2D eigenvalue weighted by atomic mass is 9.96. The fourth-order valence-corrected chi connectivity index (χ4v) is 2.33. The van der Waals surface area contributed by atoms with Crippen LogP contribution < -0.4 is 5.32 Å². The van der Waals surface area contributed by atoms with Crippen LogP contribution in [0.3, 0.4) is 0 Å². The molecular formula is C14H13NO2. The van der Waals surface area contributed by atoms with Crippen molar-refractivity contribution >= 4 is 16.9 Å². The van der Waals surface area contributed by atoms with E-state index in [1.165, 1.54) is 16.3 Å². The van der Waals surface area contributed by atoms with Crippen molar-refractivity contribution in [3.8, 4) is 0 Å². The Morgan fingerprint density at radius 3 is 2.65 bits per heavy atom. The highest BCUT2D eigenvalue weighted by Crippen LogP contribution is 2.28. The van der Waals surface area contributed by atoms with Gasteiger partial charge >= 0.3 is 6.09 Å². The molecule has 17 heavy (non-hydrogen) atoms. The van der Waals surface area contributed by atoms with Gasteiger partial charge in [0.2, 0.25) is 0 Å². The first-order chi connectivity index (χ1) is 8.25. The van der Waals surface area contributed by atoms with Gasteiger partial charge < -0.3 is 10.1 Å². The van der Waals surface area contributed by atoms with Crippen molar-refractivity contribution < 1.29 is 9.53 Å². The molecule has 1 heterocycles. The van der Waals surface area contributed by atoms with E-state index in [-0.39, 0.29) is 12.1 Å². The van der Waals surface area contributed by atoms with Crippen LogP contribution in [0, 0.1) is 6.92 Å². The minimum absolute atomic E-state index is 0.0343. The van der Waals surface area contributed by atoms with Gasteiger partial charge in [-0.05, 0) is 28.8 Å². The molecule has 3 heteroatoms. The molecule has 0 saturated carbocycles. The average Bonchev–Trinajstić information content (AvgIpc) is 2.77. The summed E-state index contributed by atoms with van der Waals surface area (Å²) in [4.78, 5) is 11.1. The maximum absolute atomic E-state index is 11.1. The molecule has 86 valence electrons. The van der Waals surface area contributed by atoms with Crippen LogP contribution in [0.4, 0.5) is 4.79 Å². The van der Waals surface area contributed by atoms with Crippen molar-refractivity contribution in [2.75, 3.05) is 6.61 Å². The molecule has 0 spiro atoms. The first-order valence-electron chi connectivity index (χ1n) is 5.67. The number of amides is 1. The number of carbonyl (C=O) groups is 1. The summed E-state index contributed by atoms with van der Waals surface area (Å²) in [6.45, 7) is 2.50. The zero-order valence-corrected chi connectivity index (χ0v) is 9.57. The molecule has 1 atom stereocenters. The maximum Gasteiger partial charge on any atom is 0.407 e. The van der Waals surface area contributed by atoms with Crippen molar-refractivity contribution in [1.29, 1.82) is 0 Å². The standard InChI is InChI=1S/C14H13NO2/c1-9-6-7-12(13-8-17-14(16)15-13)11-5-3-2-4-10(9)11/h2-7,13H,8H2,1H3,(H,15,16)/t13-/m0/s1. The third-order valence-electron chi connectivity index (χ3n) is 3.22. The summed E-state index contributed by atoms with van der Waals surface area (Å²) < 4.78 is 4.95. The Kier molecular flexibility index (Phi) is 2.25. The minimum atomic E-state index is -0.334. The first-order valence-corrected chi connectivity index (χ1v) is 5.67. The van der Waals surface area contributed by atoms with Crippen LogP contribution in [0.2, 0.25) is 0 Å². The lowest BCUT2D eigenvalue weighted by Gasteiger charge is -2.12. The van der Waals surface area contributed by atoms with Crippen LogP contribution in [-0.4, -0.2) is 12.7 Å². The highest BCUT2D eigenvalue weighted by atomic mass is 16.6. The predicted octanol–water partition coefficient (Wildman–Crippen LogP) is 2.93. The summed E-state index contributed by atoms with van der Waals surface area (Å²) in [6, 6.07) is 12.4. The third kappa shape index (κ3) is 1.64. The Bertz CT molecular complexity index is 592. The quantitative estimate of drug-likeness (QED) is 0.813. The summed E-state index contributed by atoms with van der Waals surface area (Å²) in [5.74, 6) is 0. The van der Waals surface area contributed by atoms with Crippen molar-refractivity contribution in [2.24, 2.45) is 0 Å². The Labute approximate surface area is 99.4 Å². The predicted molar refractivity (Wildman–Crippen MR) is 65.9 cm³/mol. The van der Waals surface area contributed by atoms with Crippen molar-refractivity contribution in [2.45, 2.75) is 13.0 Å². The van der Waals surface area contributed by atoms with Crippen LogP contribution in [0.15, 0.2) is 36.4 Å². The number of cyclic esters (lactones) is 1. The van der Waals surface area contributed by atoms with E-state index in [1.807, 2.05) is 12.1 Å². The van der Waals surface area contributed by atoms with Gasteiger partial charge in [0.25, 0.3) is 0 Å². The number of rotatable bonds is 1. The van der Waals surface area contributed by atoms with Gasteiger partial charge in [-0.1, -0.05) is 36.4 Å². The summed E-state index contributed by atoms with van der Waals surface area (Å²) in [7, 11) is 0. The summed E-state index contributed by atoms with van der Waals surface area (Å²) >= 11 is 0. The van der Waals surface area contributed by atoms with Crippen molar-refractivity contribution in [3.63, 3.8) is 0 Å². The largest absolute Gasteiger partial charge is 0.447 e. The van der Waals surface area contributed by atoms with E-state index in [1.54, 1.807) is 0 Å². The summed E-state index contributed by atoms with van der Waals surface area (Å²) in [5.41, 5.74) is 2.37. The van der Waals surface area contributed by atoms with E-state index >= 15 is 0 Å². The van der Waals surface area contributed by atoms with Gasteiger partial charge in [0.05, 0.1) is 6.04 Å². The molecule has 2 aromatic carbocycles. The Hall–Kier alpha value is -2.03. The van der Waals surface area contributed by atoms with E-state index in [4.69, 9.17) is 4.74 Å². The fourth-order valence-electron chi connectivity index (χ4n) is 2.33. The molecular weight excluding hydrogens is 214 g/mol. The Balaban J connectivity index is 2.17. The lowest BCUT2D eigenvalue weighted by Crippen LogP contribution is -2.18. The van der Waals surface area contributed by atoms with Crippen molar-refractivity contribution in [1.82, 2.24) is 5.32 Å². The molecule has 0 aromatic heterocycles. The highest BCUT2D eigenvalue weighted by Gasteiger charge is 2.25. The molecule has 2 aromatic rings. The molecule has 0 aliphatic carbocycles. The van der Waals surface area contributed by atoms with E-state index in [2.05, 4.69) is 36.5 Å². The minimum Gasteiger partial charge on any atom is -0.447 e. The second-order valence-electron chi connectivity index (χ2n) is 4.31. The van der Waals surface area contributed by atoms with Crippen LogP contribution in [0.5, 0.6) is 0 Å². The highest BCUT2D eigenvalue weighted by molar-refractivity contribution is 5.89. The number of alkyl carbamates (subject to hydrolysis) is 1. The zero-order chi connectivity index (χ0) is 11.8. The van der Waals surface area contributed by atoms with E-state index < -0.39 is 0 Å². The monoisotopic (exact) mass is 227 g/mol. The first kappa shape index (κ1) is 10.1. The molecule has 0 radical (unpaired) electrons. The fraction of sp³-hybridized carbons (Fsp3) is 0.214. The maximum atomic E-state index is 11.1. The van der Waals surface area contributed by atoms with E-state index in [0.29, 0.717) is 6.61 Å². The Morgan fingerprint density at radius 2 is 1.94 bits per heavy atom. The van der Waals surface area contributed by atoms with Gasteiger partial charge in [0, 0.05) is 0 Å². The van der Waals surface area contributed by atoms with Crippen LogP contribution in [0.1, 0.15) is 17.2 Å². The molecule has 1 aliphatic rings. The molecule has 1 N–H and O–H groups in total. The smallest absolute Gasteiger partial charge is 0.407 e. The summed E-state index contributed by atoms with van der Waals surface area (Å²) in [6.07, 6.45) is -0.334. The summed E-state index contributed by atoms with van der Waals surface area (Å²) in [5, 5.41) is 5.23.